The van der Waals surface area contributed by atoms with Crippen molar-refractivity contribution in [1.29, 1.82) is 0 Å². The van der Waals surface area contributed by atoms with Crippen LogP contribution in [0.5, 0.6) is 0 Å². The monoisotopic (exact) mass is 148 g/mol. The van der Waals surface area contributed by atoms with E-state index in [9.17, 15) is 0 Å². The molecule has 0 aromatic rings. The van der Waals surface area contributed by atoms with E-state index in [1.54, 1.807) is 7.11 Å². The standard InChI is InChI=1S/C7H16O3/c1-4-7(8)10-6(2)5-9-3/h6-8H,4-5H2,1-3H3. The van der Waals surface area contributed by atoms with Gasteiger partial charge in [-0.3, -0.25) is 0 Å². The lowest BCUT2D eigenvalue weighted by molar-refractivity contribution is -0.144. The second-order valence-electron chi connectivity index (χ2n) is 2.26. The van der Waals surface area contributed by atoms with Crippen LogP contribution in [0.2, 0.25) is 0 Å². The molecule has 2 unspecified atom stereocenters. The number of rotatable bonds is 5. The number of aliphatic hydroxyl groups excluding tert-OH is 1. The van der Waals surface area contributed by atoms with E-state index in [4.69, 9.17) is 14.6 Å². The zero-order chi connectivity index (χ0) is 7.98. The van der Waals surface area contributed by atoms with E-state index in [2.05, 4.69) is 0 Å². The van der Waals surface area contributed by atoms with Gasteiger partial charge in [-0.05, 0) is 13.3 Å². The minimum Gasteiger partial charge on any atom is -0.382 e. The Bertz CT molecular complexity index is 75.3. The molecule has 0 radical (unpaired) electrons. The fourth-order valence-corrected chi connectivity index (χ4v) is 0.638. The van der Waals surface area contributed by atoms with E-state index in [0.29, 0.717) is 13.0 Å². The molecule has 3 heteroatoms. The van der Waals surface area contributed by atoms with Gasteiger partial charge in [0.05, 0.1) is 12.7 Å². The Morgan fingerprint density at radius 2 is 2.10 bits per heavy atom. The summed E-state index contributed by atoms with van der Waals surface area (Å²) in [4.78, 5) is 0. The molecule has 0 aliphatic rings. The first-order chi connectivity index (χ1) is 4.70. The Morgan fingerprint density at radius 1 is 1.50 bits per heavy atom. The lowest BCUT2D eigenvalue weighted by Crippen LogP contribution is -2.22. The topological polar surface area (TPSA) is 38.7 Å². The molecule has 0 spiro atoms. The van der Waals surface area contributed by atoms with Crippen LogP contribution < -0.4 is 0 Å². The number of ether oxygens (including phenoxy) is 2. The maximum atomic E-state index is 8.98. The summed E-state index contributed by atoms with van der Waals surface area (Å²) in [6, 6.07) is 0. The van der Waals surface area contributed by atoms with Gasteiger partial charge in [0.2, 0.25) is 0 Å². The summed E-state index contributed by atoms with van der Waals surface area (Å²) in [5.41, 5.74) is 0. The predicted octanol–water partition coefficient (Wildman–Crippen LogP) is 0.766. The summed E-state index contributed by atoms with van der Waals surface area (Å²) in [5, 5.41) is 8.98. The molecule has 0 aliphatic carbocycles. The number of hydrogen-bond acceptors (Lipinski definition) is 3. The Hall–Kier alpha value is -0.120. The highest BCUT2D eigenvalue weighted by molar-refractivity contribution is 4.47. The fourth-order valence-electron chi connectivity index (χ4n) is 0.638. The second-order valence-corrected chi connectivity index (χ2v) is 2.26. The van der Waals surface area contributed by atoms with Crippen molar-refractivity contribution in [2.45, 2.75) is 32.7 Å². The van der Waals surface area contributed by atoms with Crippen LogP contribution in [-0.4, -0.2) is 31.2 Å². The van der Waals surface area contributed by atoms with Crippen LogP contribution in [0.25, 0.3) is 0 Å². The highest BCUT2D eigenvalue weighted by Gasteiger charge is 2.06. The molecule has 2 atom stereocenters. The van der Waals surface area contributed by atoms with Crippen molar-refractivity contribution in [2.24, 2.45) is 0 Å². The largest absolute Gasteiger partial charge is 0.382 e. The third-order valence-electron chi connectivity index (χ3n) is 1.14. The van der Waals surface area contributed by atoms with E-state index in [1.807, 2.05) is 13.8 Å². The van der Waals surface area contributed by atoms with Crippen molar-refractivity contribution < 1.29 is 14.6 Å². The molecule has 3 nitrogen and oxygen atoms in total. The maximum absolute atomic E-state index is 8.98. The van der Waals surface area contributed by atoms with Gasteiger partial charge in [0.15, 0.2) is 6.29 Å². The first kappa shape index (κ1) is 9.88. The smallest absolute Gasteiger partial charge is 0.154 e. The van der Waals surface area contributed by atoms with Gasteiger partial charge in [0.25, 0.3) is 0 Å². The molecule has 0 aromatic heterocycles. The Labute approximate surface area is 62.0 Å². The van der Waals surface area contributed by atoms with Crippen molar-refractivity contribution in [2.75, 3.05) is 13.7 Å². The average molecular weight is 148 g/mol. The molecule has 0 fully saturated rings. The van der Waals surface area contributed by atoms with Crippen LogP contribution in [0.1, 0.15) is 20.3 Å². The molecule has 1 N–H and O–H groups in total. The Balaban J connectivity index is 3.27. The molecule has 0 aromatic carbocycles. The lowest BCUT2D eigenvalue weighted by atomic mass is 10.4. The van der Waals surface area contributed by atoms with Gasteiger partial charge >= 0.3 is 0 Å². The average Bonchev–Trinajstić information content (AvgIpc) is 1.88. The highest BCUT2D eigenvalue weighted by atomic mass is 16.6. The van der Waals surface area contributed by atoms with E-state index in [1.165, 1.54) is 0 Å². The molecule has 62 valence electrons. The maximum Gasteiger partial charge on any atom is 0.154 e. The van der Waals surface area contributed by atoms with Crippen LogP contribution in [0.4, 0.5) is 0 Å². The summed E-state index contributed by atoms with van der Waals surface area (Å²) in [5.74, 6) is 0. The SMILES string of the molecule is CCC(O)OC(C)COC. The summed E-state index contributed by atoms with van der Waals surface area (Å²) in [6.45, 7) is 4.25. The third-order valence-corrected chi connectivity index (χ3v) is 1.14. The van der Waals surface area contributed by atoms with Crippen molar-refractivity contribution >= 4 is 0 Å². The molecule has 0 saturated heterocycles. The molecule has 0 rings (SSSR count). The Kier molecular flexibility index (Phi) is 5.58. The quantitative estimate of drug-likeness (QED) is 0.585. The summed E-state index contributed by atoms with van der Waals surface area (Å²) in [7, 11) is 1.61. The van der Waals surface area contributed by atoms with Crippen LogP contribution in [0.15, 0.2) is 0 Å². The van der Waals surface area contributed by atoms with Gasteiger partial charge in [0, 0.05) is 7.11 Å². The van der Waals surface area contributed by atoms with Crippen LogP contribution >= 0.6 is 0 Å². The minimum absolute atomic E-state index is 0.0278. The van der Waals surface area contributed by atoms with Gasteiger partial charge < -0.3 is 14.6 Å². The van der Waals surface area contributed by atoms with Crippen molar-refractivity contribution in [1.82, 2.24) is 0 Å². The fraction of sp³-hybridized carbons (Fsp3) is 1.00. The highest BCUT2D eigenvalue weighted by Crippen LogP contribution is 1.98. The second kappa shape index (κ2) is 5.65. The first-order valence-electron chi connectivity index (χ1n) is 3.53. The van der Waals surface area contributed by atoms with Gasteiger partial charge in [-0.1, -0.05) is 6.92 Å². The van der Waals surface area contributed by atoms with E-state index in [0.717, 1.165) is 0 Å². The third kappa shape index (κ3) is 4.73. The molecule has 0 heterocycles. The summed E-state index contributed by atoms with van der Waals surface area (Å²) in [6.07, 6.45) is -0.0567. The zero-order valence-electron chi connectivity index (χ0n) is 6.83. The minimum atomic E-state index is -0.648. The van der Waals surface area contributed by atoms with Crippen LogP contribution in [0, 0.1) is 0 Å². The van der Waals surface area contributed by atoms with E-state index >= 15 is 0 Å². The summed E-state index contributed by atoms with van der Waals surface area (Å²) < 4.78 is 9.88. The first-order valence-corrected chi connectivity index (χ1v) is 3.53. The molecule has 0 saturated carbocycles. The molecule has 0 aliphatic heterocycles. The van der Waals surface area contributed by atoms with Gasteiger partial charge in [-0.2, -0.15) is 0 Å². The molecule has 0 bridgehead atoms. The number of methoxy groups -OCH3 is 1. The predicted molar refractivity (Wildman–Crippen MR) is 38.7 cm³/mol. The normalized spacial score (nSPS) is 16.8. The van der Waals surface area contributed by atoms with Crippen molar-refractivity contribution in [3.8, 4) is 0 Å². The van der Waals surface area contributed by atoms with Gasteiger partial charge in [-0.15, -0.1) is 0 Å². The molecular weight excluding hydrogens is 132 g/mol. The van der Waals surface area contributed by atoms with Crippen molar-refractivity contribution in [3.05, 3.63) is 0 Å². The molecule has 10 heavy (non-hydrogen) atoms. The van der Waals surface area contributed by atoms with E-state index in [-0.39, 0.29) is 6.10 Å². The van der Waals surface area contributed by atoms with Gasteiger partial charge in [-0.25, -0.2) is 0 Å². The zero-order valence-corrected chi connectivity index (χ0v) is 6.83. The number of hydrogen-bond donors (Lipinski definition) is 1. The lowest BCUT2D eigenvalue weighted by Gasteiger charge is -2.15. The Morgan fingerprint density at radius 3 is 2.50 bits per heavy atom. The van der Waals surface area contributed by atoms with Crippen molar-refractivity contribution in [3.63, 3.8) is 0 Å². The van der Waals surface area contributed by atoms with Gasteiger partial charge in [0.1, 0.15) is 0 Å². The molecule has 0 amide bonds. The van der Waals surface area contributed by atoms with Crippen LogP contribution in [-0.2, 0) is 9.47 Å². The summed E-state index contributed by atoms with van der Waals surface area (Å²) >= 11 is 0. The number of aliphatic hydroxyl groups is 1. The van der Waals surface area contributed by atoms with E-state index < -0.39 is 6.29 Å². The van der Waals surface area contributed by atoms with Crippen LogP contribution in [0.3, 0.4) is 0 Å². The molecular formula is C7H16O3.